The normalized spacial score (nSPS) is 25.9. The maximum absolute atomic E-state index is 12.4. The molecule has 1 fully saturated rings. The fourth-order valence-electron chi connectivity index (χ4n) is 3.57. The van der Waals surface area contributed by atoms with Crippen LogP contribution in [0, 0.1) is 19.8 Å². The van der Waals surface area contributed by atoms with Crippen LogP contribution in [-0.2, 0) is 0 Å². The average molecular weight is 230 g/mol. The van der Waals surface area contributed by atoms with Gasteiger partial charge in [0.2, 0.25) is 0 Å². The number of fused-ring (bicyclic) bond motifs is 3. The second-order valence-electron chi connectivity index (χ2n) is 5.30. The summed E-state index contributed by atoms with van der Waals surface area (Å²) in [4.78, 5) is 12.4. The summed E-state index contributed by atoms with van der Waals surface area (Å²) < 4.78 is 5.42. The van der Waals surface area contributed by atoms with Gasteiger partial charge in [0.1, 0.15) is 5.75 Å². The zero-order valence-electron chi connectivity index (χ0n) is 10.7. The lowest BCUT2D eigenvalue weighted by molar-refractivity contribution is 0.0932. The number of hydrogen-bond acceptors (Lipinski definition) is 2. The molecule has 0 unspecified atom stereocenters. The molecule has 2 atom stereocenters. The molecule has 0 N–H and O–H groups in total. The number of Topliss-reactive ketones (excluding diaryl/α,β-unsaturated/α-hetero) is 1. The first kappa shape index (κ1) is 10.8. The van der Waals surface area contributed by atoms with Crippen molar-refractivity contribution in [3.05, 3.63) is 28.3 Å². The Morgan fingerprint density at radius 2 is 1.88 bits per heavy atom. The topological polar surface area (TPSA) is 26.3 Å². The Morgan fingerprint density at radius 1 is 1.18 bits per heavy atom. The highest BCUT2D eigenvalue weighted by atomic mass is 16.5. The van der Waals surface area contributed by atoms with Crippen molar-refractivity contribution in [1.29, 1.82) is 0 Å². The van der Waals surface area contributed by atoms with Crippen LogP contribution in [0.2, 0.25) is 0 Å². The van der Waals surface area contributed by atoms with Crippen molar-refractivity contribution in [2.45, 2.75) is 39.0 Å². The van der Waals surface area contributed by atoms with E-state index < -0.39 is 0 Å². The van der Waals surface area contributed by atoms with Crippen molar-refractivity contribution in [2.24, 2.45) is 5.92 Å². The van der Waals surface area contributed by atoms with Crippen LogP contribution < -0.4 is 4.74 Å². The highest BCUT2D eigenvalue weighted by Crippen LogP contribution is 2.50. The number of hydrogen-bond donors (Lipinski definition) is 0. The van der Waals surface area contributed by atoms with E-state index >= 15 is 0 Å². The lowest BCUT2D eigenvalue weighted by atomic mass is 9.94. The standard InChI is InChI=1S/C15H18O2/c1-8-9(2)14-12(7-13(8)17-3)10-5-4-6-11(10)15(14)16/h7,10-11H,4-6H2,1-3H3/t10-,11+/m0/s1. The average Bonchev–Trinajstić information content (AvgIpc) is 2.88. The third kappa shape index (κ3) is 1.30. The van der Waals surface area contributed by atoms with Crippen molar-refractivity contribution in [3.63, 3.8) is 0 Å². The number of carbonyl (C=O) groups excluding carboxylic acids is 1. The minimum Gasteiger partial charge on any atom is -0.496 e. The van der Waals surface area contributed by atoms with E-state index in [4.69, 9.17) is 4.74 Å². The van der Waals surface area contributed by atoms with Crippen molar-refractivity contribution >= 4 is 5.78 Å². The number of carbonyl (C=O) groups is 1. The number of ether oxygens (including phenoxy) is 1. The van der Waals surface area contributed by atoms with Gasteiger partial charge in [0.05, 0.1) is 7.11 Å². The minimum absolute atomic E-state index is 0.259. The van der Waals surface area contributed by atoms with Crippen LogP contribution in [0.1, 0.15) is 52.2 Å². The molecular weight excluding hydrogens is 212 g/mol. The number of methoxy groups -OCH3 is 1. The zero-order chi connectivity index (χ0) is 12.2. The van der Waals surface area contributed by atoms with Gasteiger partial charge in [-0.05, 0) is 55.4 Å². The van der Waals surface area contributed by atoms with Crippen molar-refractivity contribution in [2.75, 3.05) is 7.11 Å². The monoisotopic (exact) mass is 230 g/mol. The molecule has 0 bridgehead atoms. The molecule has 0 amide bonds. The van der Waals surface area contributed by atoms with E-state index in [1.165, 1.54) is 12.0 Å². The molecule has 2 heteroatoms. The van der Waals surface area contributed by atoms with E-state index in [0.29, 0.717) is 11.7 Å². The smallest absolute Gasteiger partial charge is 0.167 e. The minimum atomic E-state index is 0.259. The first-order valence-corrected chi connectivity index (χ1v) is 6.37. The van der Waals surface area contributed by atoms with Crippen LogP contribution in [0.25, 0.3) is 0 Å². The molecule has 3 rings (SSSR count). The predicted molar refractivity (Wildman–Crippen MR) is 66.9 cm³/mol. The van der Waals surface area contributed by atoms with E-state index in [1.54, 1.807) is 7.11 Å². The lowest BCUT2D eigenvalue weighted by Gasteiger charge is -2.14. The van der Waals surface area contributed by atoms with Crippen LogP contribution in [-0.4, -0.2) is 12.9 Å². The summed E-state index contributed by atoms with van der Waals surface area (Å²) in [6, 6.07) is 2.10. The maximum atomic E-state index is 12.4. The molecule has 0 radical (unpaired) electrons. The Morgan fingerprint density at radius 3 is 2.59 bits per heavy atom. The third-order valence-electron chi connectivity index (χ3n) is 4.60. The molecular formula is C15H18O2. The van der Waals surface area contributed by atoms with E-state index in [0.717, 1.165) is 35.3 Å². The van der Waals surface area contributed by atoms with Gasteiger partial charge in [-0.25, -0.2) is 0 Å². The van der Waals surface area contributed by atoms with Crippen molar-refractivity contribution in [1.82, 2.24) is 0 Å². The van der Waals surface area contributed by atoms with Gasteiger partial charge in [0.25, 0.3) is 0 Å². The molecule has 2 nitrogen and oxygen atoms in total. The van der Waals surface area contributed by atoms with Gasteiger partial charge in [-0.3, -0.25) is 4.79 Å². The van der Waals surface area contributed by atoms with Gasteiger partial charge in [0.15, 0.2) is 5.78 Å². The van der Waals surface area contributed by atoms with Crippen molar-refractivity contribution < 1.29 is 9.53 Å². The summed E-state index contributed by atoms with van der Waals surface area (Å²) in [6.45, 7) is 4.09. The van der Waals surface area contributed by atoms with Crippen LogP contribution in [0.5, 0.6) is 5.75 Å². The fourth-order valence-corrected chi connectivity index (χ4v) is 3.57. The first-order valence-electron chi connectivity index (χ1n) is 6.37. The highest BCUT2D eigenvalue weighted by Gasteiger charge is 2.43. The van der Waals surface area contributed by atoms with Crippen LogP contribution in [0.4, 0.5) is 0 Å². The molecule has 2 aliphatic rings. The summed E-state index contributed by atoms with van der Waals surface area (Å²) in [7, 11) is 1.71. The molecule has 1 aromatic rings. The fraction of sp³-hybridized carbons (Fsp3) is 0.533. The second-order valence-corrected chi connectivity index (χ2v) is 5.30. The Kier molecular flexibility index (Phi) is 2.29. The molecule has 17 heavy (non-hydrogen) atoms. The van der Waals surface area contributed by atoms with Crippen LogP contribution >= 0.6 is 0 Å². The highest BCUT2D eigenvalue weighted by molar-refractivity contribution is 6.05. The van der Waals surface area contributed by atoms with E-state index in [9.17, 15) is 4.79 Å². The molecule has 0 aromatic heterocycles. The predicted octanol–water partition coefficient (Wildman–Crippen LogP) is 3.39. The first-order chi connectivity index (χ1) is 8.15. The van der Waals surface area contributed by atoms with E-state index in [2.05, 4.69) is 13.0 Å². The summed E-state index contributed by atoms with van der Waals surface area (Å²) >= 11 is 0. The largest absolute Gasteiger partial charge is 0.496 e. The maximum Gasteiger partial charge on any atom is 0.167 e. The molecule has 0 heterocycles. The van der Waals surface area contributed by atoms with E-state index in [-0.39, 0.29) is 5.92 Å². The number of ketones is 1. The Hall–Kier alpha value is -1.31. The number of rotatable bonds is 1. The second kappa shape index (κ2) is 3.59. The molecule has 1 saturated carbocycles. The zero-order valence-corrected chi connectivity index (χ0v) is 10.7. The van der Waals surface area contributed by atoms with Gasteiger partial charge < -0.3 is 4.74 Å². The summed E-state index contributed by atoms with van der Waals surface area (Å²) in [6.07, 6.45) is 3.42. The molecule has 0 spiro atoms. The van der Waals surface area contributed by atoms with Gasteiger partial charge in [0, 0.05) is 11.5 Å². The van der Waals surface area contributed by atoms with E-state index in [1.807, 2.05) is 6.92 Å². The number of benzene rings is 1. The van der Waals surface area contributed by atoms with Gasteiger partial charge in [-0.1, -0.05) is 6.42 Å². The Labute approximate surface area is 102 Å². The SMILES string of the molecule is COc1cc2c(c(C)c1C)C(=O)[C@@H]1CCC[C@H]21. The van der Waals surface area contributed by atoms with Crippen molar-refractivity contribution in [3.8, 4) is 5.75 Å². The Balaban J connectivity index is 2.24. The molecule has 0 aliphatic heterocycles. The molecule has 0 saturated heterocycles. The molecule has 1 aromatic carbocycles. The van der Waals surface area contributed by atoms with Gasteiger partial charge in [-0.2, -0.15) is 0 Å². The Bertz CT molecular complexity index is 502. The van der Waals surface area contributed by atoms with Crippen LogP contribution in [0.15, 0.2) is 6.07 Å². The third-order valence-corrected chi connectivity index (χ3v) is 4.60. The molecule has 90 valence electrons. The quantitative estimate of drug-likeness (QED) is 0.739. The lowest BCUT2D eigenvalue weighted by Crippen LogP contribution is -2.08. The van der Waals surface area contributed by atoms with Gasteiger partial charge in [-0.15, -0.1) is 0 Å². The summed E-state index contributed by atoms with van der Waals surface area (Å²) in [5, 5.41) is 0. The van der Waals surface area contributed by atoms with Crippen LogP contribution in [0.3, 0.4) is 0 Å². The summed E-state index contributed by atoms with van der Waals surface area (Å²) in [5.41, 5.74) is 4.48. The summed E-state index contributed by atoms with van der Waals surface area (Å²) in [5.74, 6) is 2.04. The molecule has 2 aliphatic carbocycles. The van der Waals surface area contributed by atoms with Gasteiger partial charge >= 0.3 is 0 Å².